The predicted octanol–water partition coefficient (Wildman–Crippen LogP) is -3.77. The van der Waals surface area contributed by atoms with Crippen molar-refractivity contribution in [2.24, 2.45) is 0 Å². The molecule has 2 N–H and O–H groups in total. The molecule has 0 rings (SSSR count). The van der Waals surface area contributed by atoms with Crippen LogP contribution < -0.4 is 51.4 Å². The van der Waals surface area contributed by atoms with Gasteiger partial charge in [0.15, 0.2) is 0 Å². The maximum Gasteiger partial charge on any atom is 1.00 e. The Hall–Kier alpha value is 1.93. The molecule has 6 heteroatoms. The van der Waals surface area contributed by atoms with E-state index >= 15 is 0 Å². The van der Waals surface area contributed by atoms with Crippen LogP contribution in [0.5, 0.6) is 0 Å². The monoisotopic (exact) mass is 154 g/mol. The summed E-state index contributed by atoms with van der Waals surface area (Å²) in [6.45, 7) is 0. The first kappa shape index (κ1) is 15.7. The largest absolute Gasteiger partial charge is 1.00 e. The summed E-state index contributed by atoms with van der Waals surface area (Å²) in [7, 11) is -2.29. The zero-order valence-electron chi connectivity index (χ0n) is 3.16. The molecular formula is H3KO3S2. The molecule has 1 unspecified atom stereocenters. The van der Waals surface area contributed by atoms with E-state index in [-0.39, 0.29) is 56.9 Å². The van der Waals surface area contributed by atoms with Crippen LogP contribution in [0.3, 0.4) is 0 Å². The van der Waals surface area contributed by atoms with Crippen LogP contribution in [0.25, 0.3) is 0 Å². The summed E-state index contributed by atoms with van der Waals surface area (Å²) in [4.78, 5) is 0. The van der Waals surface area contributed by atoms with Gasteiger partial charge in [-0.1, -0.05) is 0 Å². The van der Waals surface area contributed by atoms with Gasteiger partial charge >= 0.3 is 51.4 Å². The molecule has 0 fully saturated rings. The van der Waals surface area contributed by atoms with Crippen molar-refractivity contribution in [3.63, 3.8) is 0 Å². The third-order valence-electron chi connectivity index (χ3n) is 0. The van der Waals surface area contributed by atoms with E-state index in [0.29, 0.717) is 0 Å². The molecule has 0 saturated heterocycles. The first-order chi connectivity index (χ1) is 1.73. The van der Waals surface area contributed by atoms with Crippen molar-refractivity contribution in [2.75, 3.05) is 0 Å². The van der Waals surface area contributed by atoms with E-state index < -0.39 is 9.64 Å². The second-order valence-electron chi connectivity index (χ2n) is 0.238. The van der Waals surface area contributed by atoms with Crippen LogP contribution >= 0.6 is 0 Å². The van der Waals surface area contributed by atoms with Crippen LogP contribution in [0.4, 0.5) is 0 Å². The summed E-state index contributed by atoms with van der Waals surface area (Å²) in [5, 5.41) is 0. The van der Waals surface area contributed by atoms with Gasteiger partial charge in [-0.25, -0.2) is 4.21 Å². The normalized spacial score (nSPS) is 10.2. The van der Waals surface area contributed by atoms with Crippen LogP contribution in [0.1, 0.15) is 0 Å². The Kier molecular flexibility index (Phi) is 26.2. The van der Waals surface area contributed by atoms with E-state index in [9.17, 15) is 0 Å². The van der Waals surface area contributed by atoms with Crippen molar-refractivity contribution in [3.8, 4) is 0 Å². The van der Waals surface area contributed by atoms with Crippen LogP contribution in [-0.2, 0) is 20.8 Å². The molecule has 3 nitrogen and oxygen atoms in total. The van der Waals surface area contributed by atoms with Crippen molar-refractivity contribution in [3.05, 3.63) is 0 Å². The molecule has 1 atom stereocenters. The maximum absolute atomic E-state index is 8.96. The second-order valence-corrected chi connectivity index (χ2v) is 1.65. The fourth-order valence-electron chi connectivity index (χ4n) is 0. The minimum atomic E-state index is -2.29. The van der Waals surface area contributed by atoms with E-state index in [4.69, 9.17) is 8.76 Å². The summed E-state index contributed by atoms with van der Waals surface area (Å²) >= 11 is 3.69. The smallest absolute Gasteiger partial charge is 0.870 e. The van der Waals surface area contributed by atoms with Crippen LogP contribution in [0.15, 0.2) is 0 Å². The number of rotatable bonds is 0. The van der Waals surface area contributed by atoms with Gasteiger partial charge in [0, 0.05) is 11.2 Å². The summed E-state index contributed by atoms with van der Waals surface area (Å²) in [5.74, 6) is 0. The molecule has 0 aliphatic rings. The average molecular weight is 154 g/mol. The fraction of sp³-hybridized carbons (Fsp3) is 0. The van der Waals surface area contributed by atoms with E-state index in [0.717, 1.165) is 0 Å². The Morgan fingerprint density at radius 3 is 1.67 bits per heavy atom. The molecule has 0 bridgehead atoms. The van der Waals surface area contributed by atoms with Crippen LogP contribution in [0.2, 0.25) is 0 Å². The van der Waals surface area contributed by atoms with Gasteiger partial charge in [-0.2, -0.15) is 0 Å². The van der Waals surface area contributed by atoms with Gasteiger partial charge in [-0.05, 0) is 0 Å². The molecule has 0 heterocycles. The Bertz CT molecular complexity index is 57.2. The molecule has 0 aromatic heterocycles. The van der Waals surface area contributed by atoms with Crippen molar-refractivity contribution < 1.29 is 65.6 Å². The Morgan fingerprint density at radius 1 is 1.67 bits per heavy atom. The Morgan fingerprint density at radius 2 is 1.67 bits per heavy atom. The fourth-order valence-corrected chi connectivity index (χ4v) is 0. The van der Waals surface area contributed by atoms with Crippen LogP contribution in [0, 0.1) is 0 Å². The standard InChI is InChI=1S/K.H2O2S2.H2O/c;1-4(2)3;/h;4H,(H,1,2,3);1H2/q+1;;/p-1. The van der Waals surface area contributed by atoms with Gasteiger partial charge in [-0.15, -0.1) is 0 Å². The van der Waals surface area contributed by atoms with Crippen molar-refractivity contribution >= 4 is 20.8 Å². The number of hydrogen-bond donors (Lipinski definition) is 2. The second kappa shape index (κ2) is 10.0. The van der Waals surface area contributed by atoms with Gasteiger partial charge in [0.2, 0.25) is 0 Å². The van der Waals surface area contributed by atoms with Gasteiger partial charge in [0.05, 0.1) is 0 Å². The first-order valence-corrected chi connectivity index (χ1v) is 2.79. The molecule has 0 amide bonds. The van der Waals surface area contributed by atoms with Crippen molar-refractivity contribution in [2.45, 2.75) is 0 Å². The molecule has 0 aliphatic heterocycles. The van der Waals surface area contributed by atoms with Gasteiger partial charge < -0.3 is 10.0 Å². The van der Waals surface area contributed by atoms with Gasteiger partial charge in [0.1, 0.15) is 9.64 Å². The molecule has 0 aromatic carbocycles. The SMILES string of the molecule is O=[SH](O)=S.[K+].[OH-]. The van der Waals surface area contributed by atoms with Gasteiger partial charge in [-0.3, -0.25) is 0 Å². The third-order valence-corrected chi connectivity index (χ3v) is 0. The summed E-state index contributed by atoms with van der Waals surface area (Å²) in [6, 6.07) is 0. The number of thiol groups is 1. The minimum absolute atomic E-state index is 0. The molecule has 0 aliphatic carbocycles. The zero-order valence-corrected chi connectivity index (χ0v) is 7.99. The van der Waals surface area contributed by atoms with E-state index in [2.05, 4.69) is 11.2 Å². The van der Waals surface area contributed by atoms with E-state index in [1.807, 2.05) is 0 Å². The van der Waals surface area contributed by atoms with Crippen molar-refractivity contribution in [1.82, 2.24) is 0 Å². The molecule has 0 aromatic rings. The maximum atomic E-state index is 8.96. The molecular weight excluding hydrogens is 151 g/mol. The molecule has 6 heavy (non-hydrogen) atoms. The third kappa shape index (κ3) is 38.8. The van der Waals surface area contributed by atoms with Gasteiger partial charge in [0.25, 0.3) is 0 Å². The molecule has 0 saturated carbocycles. The Labute approximate surface area is 84.8 Å². The summed E-state index contributed by atoms with van der Waals surface area (Å²) in [6.07, 6.45) is 0. The quantitative estimate of drug-likeness (QED) is 0.278. The number of hydrogen-bond acceptors (Lipinski definition) is 3. The summed E-state index contributed by atoms with van der Waals surface area (Å²) in [5.41, 5.74) is 0. The van der Waals surface area contributed by atoms with E-state index in [1.165, 1.54) is 0 Å². The Balaban J connectivity index is -0.0000000450. The predicted molar refractivity (Wildman–Crippen MR) is 21.5 cm³/mol. The zero-order chi connectivity index (χ0) is 3.58. The molecule has 34 valence electrons. The summed E-state index contributed by atoms with van der Waals surface area (Å²) < 4.78 is 16.3. The minimum Gasteiger partial charge on any atom is -0.870 e. The average Bonchev–Trinajstić information content (AvgIpc) is 0.811. The van der Waals surface area contributed by atoms with E-state index in [1.54, 1.807) is 0 Å². The van der Waals surface area contributed by atoms with Crippen molar-refractivity contribution in [1.29, 1.82) is 0 Å². The topological polar surface area (TPSA) is 67.3 Å². The molecule has 0 spiro atoms. The van der Waals surface area contributed by atoms with Crippen LogP contribution in [-0.4, -0.2) is 14.2 Å². The first-order valence-electron chi connectivity index (χ1n) is 0.565. The molecule has 0 radical (unpaired) electrons.